The Morgan fingerprint density at radius 3 is 3.05 bits per heavy atom. The topological polar surface area (TPSA) is 34.8 Å². The molecule has 3 aromatic heterocycles. The van der Waals surface area contributed by atoms with E-state index in [-0.39, 0.29) is 5.69 Å². The Kier molecular flexibility index (Phi) is 1.68. The highest BCUT2D eigenvalue weighted by Crippen LogP contribution is 2.29. The Hall–Kier alpha value is -2.62. The fraction of sp³-hybridized carbons (Fsp3) is 0.125. The summed E-state index contributed by atoms with van der Waals surface area (Å²) in [5, 5.41) is 1.69. The van der Waals surface area contributed by atoms with Crippen molar-refractivity contribution in [2.75, 3.05) is 0 Å². The molecule has 0 spiro atoms. The van der Waals surface area contributed by atoms with Gasteiger partial charge in [0, 0.05) is 33.0 Å². The summed E-state index contributed by atoms with van der Waals surface area (Å²) < 4.78 is 32.0. The first kappa shape index (κ1) is 8.53. The summed E-state index contributed by atoms with van der Waals surface area (Å²) in [6, 6.07) is 9.06. The van der Waals surface area contributed by atoms with E-state index in [0.717, 1.165) is 16.5 Å². The summed E-state index contributed by atoms with van der Waals surface area (Å²) in [5.41, 5.74) is 1.85. The van der Waals surface area contributed by atoms with Crippen molar-refractivity contribution < 1.29 is 13.1 Å². The minimum atomic E-state index is -2.25. The molecule has 4 rings (SSSR count). The van der Waals surface area contributed by atoms with E-state index < -0.39 is 6.85 Å². The molecule has 0 saturated carbocycles. The van der Waals surface area contributed by atoms with Crippen LogP contribution in [0.15, 0.2) is 47.1 Å². The number of nitrogens with zero attached hydrogens (tertiary/aromatic N) is 3. The Labute approximate surface area is 120 Å². The van der Waals surface area contributed by atoms with Crippen molar-refractivity contribution in [2.45, 2.75) is 6.85 Å². The van der Waals surface area contributed by atoms with E-state index in [9.17, 15) is 0 Å². The van der Waals surface area contributed by atoms with E-state index in [1.165, 1.54) is 6.07 Å². The molecule has 20 heavy (non-hydrogen) atoms. The van der Waals surface area contributed by atoms with Gasteiger partial charge in [0.15, 0.2) is 0 Å². The molecule has 0 bridgehead atoms. The highest BCUT2D eigenvalue weighted by molar-refractivity contribution is 6.05. The summed E-state index contributed by atoms with van der Waals surface area (Å²) in [6.07, 6.45) is 6.89. The molecule has 1 aromatic carbocycles. The largest absolute Gasteiger partial charge is 0.443 e. The summed E-state index contributed by atoms with van der Waals surface area (Å²) in [4.78, 5) is 4.17. The van der Waals surface area contributed by atoms with Crippen LogP contribution in [0.5, 0.6) is 0 Å². The number of aryl methyl sites for hydroxylation is 2. The molecule has 0 unspecified atom stereocenters. The number of pyridine rings is 1. The van der Waals surface area contributed by atoms with Gasteiger partial charge in [0.1, 0.15) is 5.58 Å². The molecule has 0 radical (unpaired) electrons. The van der Waals surface area contributed by atoms with Crippen molar-refractivity contribution in [2.24, 2.45) is 7.05 Å². The van der Waals surface area contributed by atoms with Gasteiger partial charge in [-0.05, 0) is 19.0 Å². The number of furan rings is 1. The minimum absolute atomic E-state index is 0.0320. The van der Waals surface area contributed by atoms with Crippen molar-refractivity contribution in [3.05, 3.63) is 54.7 Å². The number of fused-ring (bicyclic) bond motifs is 3. The Bertz CT molecular complexity index is 1030. The molecule has 0 saturated heterocycles. The number of imidazole rings is 1. The second-order valence-corrected chi connectivity index (χ2v) is 4.68. The van der Waals surface area contributed by atoms with Gasteiger partial charge in [-0.1, -0.05) is 18.2 Å². The molecule has 3 heterocycles. The van der Waals surface area contributed by atoms with E-state index in [4.69, 9.17) is 8.53 Å². The van der Waals surface area contributed by atoms with Crippen LogP contribution in [0.3, 0.4) is 0 Å². The summed E-state index contributed by atoms with van der Waals surface area (Å²) in [6.45, 7) is -2.25. The quantitative estimate of drug-likeness (QED) is 0.392. The highest BCUT2D eigenvalue weighted by atomic mass is 16.3. The molecule has 0 fully saturated rings. The average molecular weight is 266 g/mol. The van der Waals surface area contributed by atoms with Gasteiger partial charge in [0.25, 0.3) is 0 Å². The van der Waals surface area contributed by atoms with Gasteiger partial charge in [-0.3, -0.25) is 0 Å². The first-order chi connectivity index (χ1) is 10.9. The lowest BCUT2D eigenvalue weighted by atomic mass is 10.1. The molecule has 0 atom stereocenters. The monoisotopic (exact) mass is 266 g/mol. The summed E-state index contributed by atoms with van der Waals surface area (Å²) in [5.74, 6) is 0. The third kappa shape index (κ3) is 1.54. The van der Waals surface area contributed by atoms with Crippen molar-refractivity contribution in [1.29, 1.82) is 0 Å². The zero-order valence-corrected chi connectivity index (χ0v) is 10.8. The van der Waals surface area contributed by atoms with Gasteiger partial charge in [0.2, 0.25) is 12.0 Å². The highest BCUT2D eigenvalue weighted by Gasteiger charge is 2.12. The SMILES string of the molecule is [2H]C([2H])([2H])c1ccc2c(n1)oc1c(-[n+]3[c-]n(C)cc3)cccc12. The van der Waals surface area contributed by atoms with Crippen LogP contribution in [-0.2, 0) is 7.05 Å². The van der Waals surface area contributed by atoms with Crippen molar-refractivity contribution >= 4 is 22.1 Å². The average Bonchev–Trinajstić information content (AvgIpc) is 3.08. The number of benzene rings is 1. The maximum atomic E-state index is 7.48. The lowest BCUT2D eigenvalue weighted by Crippen LogP contribution is -2.28. The van der Waals surface area contributed by atoms with Gasteiger partial charge in [-0.15, -0.1) is 0 Å². The third-order valence-electron chi connectivity index (χ3n) is 3.31. The molecular formula is C16H13N3O. The second-order valence-electron chi connectivity index (χ2n) is 4.68. The number of aromatic nitrogens is 3. The fourth-order valence-electron chi connectivity index (χ4n) is 2.39. The Morgan fingerprint density at radius 2 is 2.25 bits per heavy atom. The van der Waals surface area contributed by atoms with Gasteiger partial charge in [-0.2, -0.15) is 0 Å². The second kappa shape index (κ2) is 3.93. The summed E-state index contributed by atoms with van der Waals surface area (Å²) in [7, 11) is 1.89. The standard InChI is InChI=1S/C16H13N3O/c1-11-6-7-13-12-4-3-5-14(15(12)20-16(13)17-11)19-9-8-18(2)10-19/h3-9H,1-2H3/i1D3. The third-order valence-corrected chi connectivity index (χ3v) is 3.31. The van der Waals surface area contributed by atoms with Gasteiger partial charge in [-0.25, -0.2) is 4.98 Å². The molecule has 0 aliphatic carbocycles. The van der Waals surface area contributed by atoms with Crippen LogP contribution in [0.25, 0.3) is 27.8 Å². The zero-order valence-electron chi connectivity index (χ0n) is 13.8. The Morgan fingerprint density at radius 1 is 1.30 bits per heavy atom. The lowest BCUT2D eigenvalue weighted by Gasteiger charge is -2.02. The first-order valence-corrected chi connectivity index (χ1v) is 6.23. The maximum absolute atomic E-state index is 7.48. The van der Waals surface area contributed by atoms with E-state index in [1.54, 1.807) is 6.07 Å². The van der Waals surface area contributed by atoms with E-state index in [0.29, 0.717) is 11.3 Å². The van der Waals surface area contributed by atoms with Gasteiger partial charge >= 0.3 is 0 Å². The van der Waals surface area contributed by atoms with E-state index in [1.807, 2.05) is 46.8 Å². The molecule has 0 N–H and O–H groups in total. The van der Waals surface area contributed by atoms with Crippen LogP contribution >= 0.6 is 0 Å². The maximum Gasteiger partial charge on any atom is 0.243 e. The number of rotatable bonds is 1. The first-order valence-electron chi connectivity index (χ1n) is 7.73. The number of hydrogen-bond acceptors (Lipinski definition) is 2. The van der Waals surface area contributed by atoms with Gasteiger partial charge < -0.3 is 13.6 Å². The van der Waals surface area contributed by atoms with Crippen molar-refractivity contribution in [1.82, 2.24) is 9.55 Å². The predicted molar refractivity (Wildman–Crippen MR) is 75.6 cm³/mol. The normalized spacial score (nSPS) is 14.3. The molecule has 4 nitrogen and oxygen atoms in total. The molecule has 98 valence electrons. The summed E-state index contributed by atoms with van der Waals surface area (Å²) >= 11 is 0. The van der Waals surface area contributed by atoms with Crippen molar-refractivity contribution in [3.8, 4) is 5.69 Å². The van der Waals surface area contributed by atoms with Crippen LogP contribution in [0.2, 0.25) is 0 Å². The number of hydrogen-bond donors (Lipinski definition) is 0. The van der Waals surface area contributed by atoms with Crippen molar-refractivity contribution in [3.63, 3.8) is 0 Å². The number of para-hydroxylation sites is 1. The molecule has 4 aromatic rings. The molecular weight excluding hydrogens is 250 g/mol. The Balaban J connectivity index is 2.01. The minimum Gasteiger partial charge on any atom is -0.443 e. The molecule has 0 aliphatic heterocycles. The van der Waals surface area contributed by atoms with E-state index in [2.05, 4.69) is 11.3 Å². The van der Waals surface area contributed by atoms with E-state index >= 15 is 0 Å². The predicted octanol–water partition coefficient (Wildman–Crippen LogP) is 2.70. The molecule has 0 amide bonds. The smallest absolute Gasteiger partial charge is 0.243 e. The zero-order chi connectivity index (χ0) is 16.2. The van der Waals surface area contributed by atoms with Crippen LogP contribution in [-0.4, -0.2) is 9.55 Å². The fourth-order valence-corrected chi connectivity index (χ4v) is 2.39. The molecule has 4 heteroatoms. The van der Waals surface area contributed by atoms with Crippen LogP contribution in [0, 0.1) is 13.2 Å². The molecule has 0 aliphatic rings. The lowest BCUT2D eigenvalue weighted by molar-refractivity contribution is -0.598. The van der Waals surface area contributed by atoms with Crippen LogP contribution < -0.4 is 4.57 Å². The van der Waals surface area contributed by atoms with Crippen LogP contribution in [0.1, 0.15) is 9.81 Å². The van der Waals surface area contributed by atoms with Gasteiger partial charge in [0.05, 0.1) is 12.7 Å². The van der Waals surface area contributed by atoms with Crippen LogP contribution in [0.4, 0.5) is 0 Å².